The van der Waals surface area contributed by atoms with Gasteiger partial charge in [0.1, 0.15) is 29.8 Å². The van der Waals surface area contributed by atoms with Crippen molar-refractivity contribution < 1.29 is 19.7 Å². The SMILES string of the molecule is CC1(C)Nc2nc(N)[nH]c(=O)c2N=C1C(=O)NN1CCN(CCSC[C@H]2O[C@@H](n3cnc4c(N)ncnc43)[C@H](O)[C@@H]2O)CC1. The lowest BCUT2D eigenvalue weighted by Gasteiger charge is -2.36. The van der Waals surface area contributed by atoms with Crippen molar-refractivity contribution in [1.82, 2.24) is 44.8 Å². The van der Waals surface area contributed by atoms with Crippen molar-refractivity contribution in [2.45, 2.75) is 43.9 Å². The average Bonchev–Trinajstić information content (AvgIpc) is 3.52. The number of carbonyl (C=O) groups excluding carboxylic acids is 1. The van der Waals surface area contributed by atoms with Crippen molar-refractivity contribution in [1.29, 1.82) is 0 Å². The molecule has 0 spiro atoms. The van der Waals surface area contributed by atoms with E-state index in [1.54, 1.807) is 30.2 Å². The van der Waals surface area contributed by atoms with E-state index in [9.17, 15) is 19.8 Å². The summed E-state index contributed by atoms with van der Waals surface area (Å²) in [7, 11) is 0. The minimum absolute atomic E-state index is 0.0153. The Labute approximate surface area is 255 Å². The largest absolute Gasteiger partial charge is 0.387 e. The second kappa shape index (κ2) is 11.9. The molecule has 19 heteroatoms. The molecule has 18 nitrogen and oxygen atoms in total. The van der Waals surface area contributed by atoms with Crippen LogP contribution in [0.5, 0.6) is 0 Å². The highest BCUT2D eigenvalue weighted by Gasteiger charge is 2.44. The van der Waals surface area contributed by atoms with Gasteiger partial charge in [-0.05, 0) is 13.8 Å². The zero-order valence-corrected chi connectivity index (χ0v) is 25.0. The number of aliphatic hydroxyl groups excluding tert-OH is 2. The highest BCUT2D eigenvalue weighted by Crippen LogP contribution is 2.33. The molecule has 0 saturated carbocycles. The lowest BCUT2D eigenvalue weighted by Crippen LogP contribution is -2.58. The number of thioether (sulfide) groups is 1. The Morgan fingerprint density at radius 3 is 2.73 bits per heavy atom. The first-order valence-corrected chi connectivity index (χ1v) is 15.2. The number of hydrogen-bond acceptors (Lipinski definition) is 16. The number of imidazole rings is 1. The monoisotopic (exact) mass is 629 g/mol. The van der Waals surface area contributed by atoms with Gasteiger partial charge in [0.15, 0.2) is 29.2 Å². The molecular weight excluding hydrogens is 594 g/mol. The molecule has 1 amide bonds. The average molecular weight is 630 g/mol. The van der Waals surface area contributed by atoms with E-state index in [2.05, 4.69) is 45.6 Å². The van der Waals surface area contributed by atoms with Crippen LogP contribution in [-0.2, 0) is 9.53 Å². The van der Waals surface area contributed by atoms with Crippen LogP contribution in [0.25, 0.3) is 11.2 Å². The van der Waals surface area contributed by atoms with Crippen LogP contribution in [0.2, 0.25) is 0 Å². The number of piperazine rings is 1. The number of ether oxygens (including phenoxy) is 1. The number of aliphatic imine (C=N–C) groups is 1. The van der Waals surface area contributed by atoms with E-state index in [1.165, 1.54) is 12.7 Å². The minimum Gasteiger partial charge on any atom is -0.387 e. The normalized spacial score (nSPS) is 25.4. The van der Waals surface area contributed by atoms with Crippen LogP contribution in [0.15, 0.2) is 22.4 Å². The Bertz CT molecular complexity index is 1640. The lowest BCUT2D eigenvalue weighted by atomic mass is 9.95. The first-order chi connectivity index (χ1) is 21.0. The summed E-state index contributed by atoms with van der Waals surface area (Å²) in [6, 6.07) is 0. The van der Waals surface area contributed by atoms with Crippen molar-refractivity contribution >= 4 is 57.8 Å². The number of hydrogen-bond donors (Lipinski definition) is 7. The van der Waals surface area contributed by atoms with Gasteiger partial charge >= 0.3 is 0 Å². The Hall–Kier alpha value is -3.88. The van der Waals surface area contributed by atoms with Crippen molar-refractivity contribution in [2.75, 3.05) is 61.0 Å². The number of nitrogens with zero attached hydrogens (tertiary/aromatic N) is 8. The second-order valence-corrected chi connectivity index (χ2v) is 12.5. The van der Waals surface area contributed by atoms with Crippen LogP contribution < -0.4 is 27.8 Å². The first kappa shape index (κ1) is 30.2. The van der Waals surface area contributed by atoms with E-state index in [-0.39, 0.29) is 29.0 Å². The maximum absolute atomic E-state index is 13.2. The number of nitrogen functional groups attached to an aromatic ring is 2. The number of nitrogens with one attached hydrogen (secondary N) is 3. The van der Waals surface area contributed by atoms with Crippen molar-refractivity contribution in [3.63, 3.8) is 0 Å². The third-order valence-corrected chi connectivity index (χ3v) is 8.87. The molecule has 236 valence electrons. The lowest BCUT2D eigenvalue weighted by molar-refractivity contribution is -0.120. The molecule has 0 radical (unpaired) electrons. The van der Waals surface area contributed by atoms with Gasteiger partial charge in [-0.15, -0.1) is 0 Å². The molecule has 3 aliphatic heterocycles. The maximum Gasteiger partial charge on any atom is 0.282 e. The number of rotatable bonds is 8. The molecule has 3 aromatic rings. The van der Waals surface area contributed by atoms with Gasteiger partial charge in [0.05, 0.1) is 18.0 Å². The van der Waals surface area contributed by atoms with Gasteiger partial charge in [0, 0.05) is 44.2 Å². The van der Waals surface area contributed by atoms with Gasteiger partial charge in [-0.1, -0.05) is 0 Å². The van der Waals surface area contributed by atoms with Gasteiger partial charge in [-0.3, -0.25) is 29.5 Å². The molecule has 3 aromatic heterocycles. The molecule has 9 N–H and O–H groups in total. The van der Waals surface area contributed by atoms with Crippen LogP contribution in [0.3, 0.4) is 0 Å². The van der Waals surface area contributed by atoms with Crippen molar-refractivity contribution in [2.24, 2.45) is 4.99 Å². The molecule has 0 unspecified atom stereocenters. The van der Waals surface area contributed by atoms with Gasteiger partial charge < -0.3 is 31.7 Å². The topological polar surface area (TPSA) is 251 Å². The number of H-pyrrole nitrogens is 1. The summed E-state index contributed by atoms with van der Waals surface area (Å²) in [5.74, 6) is 1.31. The number of aliphatic hydroxyl groups is 2. The molecule has 0 bridgehead atoms. The second-order valence-electron chi connectivity index (χ2n) is 11.3. The molecule has 3 aliphatic rings. The van der Waals surface area contributed by atoms with Crippen molar-refractivity contribution in [3.8, 4) is 0 Å². The molecule has 0 aliphatic carbocycles. The first-order valence-electron chi connectivity index (χ1n) is 14.1. The summed E-state index contributed by atoms with van der Waals surface area (Å²) < 4.78 is 7.58. The zero-order chi connectivity index (χ0) is 31.2. The van der Waals surface area contributed by atoms with Gasteiger partial charge in [0.25, 0.3) is 11.5 Å². The number of fused-ring (bicyclic) bond motifs is 2. The summed E-state index contributed by atoms with van der Waals surface area (Å²) in [5, 5.41) is 26.2. The summed E-state index contributed by atoms with van der Waals surface area (Å²) >= 11 is 1.63. The summed E-state index contributed by atoms with van der Waals surface area (Å²) in [6.07, 6.45) is -0.833. The molecule has 2 saturated heterocycles. The highest BCUT2D eigenvalue weighted by molar-refractivity contribution is 7.99. The van der Waals surface area contributed by atoms with E-state index in [0.29, 0.717) is 30.0 Å². The predicted molar refractivity (Wildman–Crippen MR) is 163 cm³/mol. The van der Waals surface area contributed by atoms with Crippen molar-refractivity contribution in [3.05, 3.63) is 23.0 Å². The highest BCUT2D eigenvalue weighted by atomic mass is 32.2. The standard InChI is InChI=1S/C25H35N13O5S/c1-25(2)17(31-14-19(34-25)32-24(27)33-21(14)41)22(42)35-37-5-3-36(4-6-37)7-8-44-9-12-15(39)16(40)23(43-12)38-11-30-13-18(26)28-10-29-20(13)38/h10-12,15-16,23,39-40H,3-9H2,1-2H3,(H,35,42)(H2,26,28,29)(H4,27,32,33,34,41)/t12-,15-,16-,23-/m1/s1. The fourth-order valence-corrected chi connectivity index (χ4v) is 6.50. The number of aromatic nitrogens is 6. The number of carbonyl (C=O) groups is 1. The van der Waals surface area contributed by atoms with Crippen LogP contribution in [0, 0.1) is 0 Å². The van der Waals surface area contributed by atoms with Crippen LogP contribution in [-0.4, -0.2) is 129 Å². The Morgan fingerprint density at radius 1 is 1.18 bits per heavy atom. The molecule has 0 aromatic carbocycles. The van der Waals surface area contributed by atoms with Gasteiger partial charge in [-0.25, -0.2) is 25.0 Å². The molecule has 44 heavy (non-hydrogen) atoms. The number of amides is 1. The van der Waals surface area contributed by atoms with Crippen LogP contribution in [0.4, 0.5) is 23.3 Å². The Kier molecular flexibility index (Phi) is 8.16. The van der Waals surface area contributed by atoms with E-state index < -0.39 is 41.5 Å². The fourth-order valence-electron chi connectivity index (χ4n) is 5.44. The quantitative estimate of drug-likeness (QED) is 0.134. The predicted octanol–water partition coefficient (Wildman–Crippen LogP) is -1.95. The number of aromatic amines is 1. The summed E-state index contributed by atoms with van der Waals surface area (Å²) in [4.78, 5) is 50.9. The molecule has 2 fully saturated rings. The van der Waals surface area contributed by atoms with E-state index in [1.807, 2.05) is 5.01 Å². The van der Waals surface area contributed by atoms with Gasteiger partial charge in [-0.2, -0.15) is 16.7 Å². The summed E-state index contributed by atoms with van der Waals surface area (Å²) in [5.41, 5.74) is 14.0. The number of hydrazine groups is 1. The smallest absolute Gasteiger partial charge is 0.282 e. The van der Waals surface area contributed by atoms with E-state index in [4.69, 9.17) is 16.2 Å². The minimum atomic E-state index is -1.15. The van der Waals surface area contributed by atoms with E-state index >= 15 is 0 Å². The molecule has 6 heterocycles. The zero-order valence-electron chi connectivity index (χ0n) is 24.2. The van der Waals surface area contributed by atoms with E-state index in [0.717, 1.165) is 25.4 Å². The van der Waals surface area contributed by atoms with Gasteiger partial charge in [0.2, 0.25) is 5.95 Å². The maximum atomic E-state index is 13.2. The summed E-state index contributed by atoms with van der Waals surface area (Å²) in [6.45, 7) is 7.07. The third kappa shape index (κ3) is 5.81. The number of nitrogens with two attached hydrogens (primary N) is 2. The fraction of sp³-hybridized carbons (Fsp3) is 0.560. The van der Waals surface area contributed by atoms with Crippen LogP contribution in [0.1, 0.15) is 20.1 Å². The number of anilines is 3. The molecule has 6 rings (SSSR count). The Morgan fingerprint density at radius 2 is 1.95 bits per heavy atom. The molecule has 4 atom stereocenters. The third-order valence-electron chi connectivity index (χ3n) is 7.84. The Balaban J connectivity index is 0.955. The van der Waals surface area contributed by atoms with Crippen LogP contribution >= 0.6 is 11.8 Å². The molecular formula is C25H35N13O5S.